The van der Waals surface area contributed by atoms with E-state index in [-0.39, 0.29) is 46.9 Å². The number of halogens is 3. The van der Waals surface area contributed by atoms with Crippen LogP contribution in [0.2, 0.25) is 0 Å². The van der Waals surface area contributed by atoms with Crippen molar-refractivity contribution in [2.45, 2.75) is 32.6 Å². The first-order valence-corrected chi connectivity index (χ1v) is 13.6. The van der Waals surface area contributed by atoms with Crippen molar-refractivity contribution in [3.63, 3.8) is 0 Å². The number of amides is 2. The van der Waals surface area contributed by atoms with E-state index in [4.69, 9.17) is 4.74 Å². The van der Waals surface area contributed by atoms with Gasteiger partial charge in [0.1, 0.15) is 17.8 Å². The van der Waals surface area contributed by atoms with E-state index in [1.54, 1.807) is 24.3 Å². The van der Waals surface area contributed by atoms with Crippen molar-refractivity contribution in [3.8, 4) is 17.6 Å². The van der Waals surface area contributed by atoms with Gasteiger partial charge in [0.05, 0.1) is 36.7 Å². The summed E-state index contributed by atoms with van der Waals surface area (Å²) in [4.78, 5) is 32.0. The van der Waals surface area contributed by atoms with Gasteiger partial charge >= 0.3 is 6.18 Å². The van der Waals surface area contributed by atoms with Crippen LogP contribution in [-0.4, -0.2) is 79.3 Å². The van der Waals surface area contributed by atoms with Crippen molar-refractivity contribution < 1.29 is 27.5 Å². The maximum atomic E-state index is 13.5. The molecule has 0 spiro atoms. The number of methoxy groups -OCH3 is 1. The molecule has 1 fully saturated rings. The topological polar surface area (TPSA) is 101 Å². The van der Waals surface area contributed by atoms with Crippen molar-refractivity contribution in [1.82, 2.24) is 25.1 Å². The zero-order chi connectivity index (χ0) is 30.6. The number of nitrogens with one attached hydrogen (secondary N) is 3. The Morgan fingerprint density at radius 1 is 1.12 bits per heavy atom. The minimum atomic E-state index is -4.47. The number of likely N-dealkylation sites (tertiary alicyclic amines) is 1. The van der Waals surface area contributed by atoms with Crippen LogP contribution < -0.4 is 20.7 Å². The third-order valence-corrected chi connectivity index (χ3v) is 7.33. The molecule has 0 bridgehead atoms. The van der Waals surface area contributed by atoms with Gasteiger partial charge in [0.25, 0.3) is 11.8 Å². The van der Waals surface area contributed by atoms with Crippen LogP contribution in [0.3, 0.4) is 0 Å². The number of hydrogen-bond acceptors (Lipinski definition) is 6. The number of piperidine rings is 1. The number of hydrogen-bond donors (Lipinski definition) is 3. The fourth-order valence-corrected chi connectivity index (χ4v) is 5.50. The maximum Gasteiger partial charge on any atom is 0.406 e. The fraction of sp³-hybridized carbons (Fsp3) is 0.433. The van der Waals surface area contributed by atoms with Gasteiger partial charge in [-0.15, -0.1) is 0 Å². The number of benzene rings is 2. The molecule has 224 valence electrons. The molecule has 2 amide bonds. The van der Waals surface area contributed by atoms with Crippen LogP contribution in [0.4, 0.5) is 18.9 Å². The van der Waals surface area contributed by atoms with E-state index in [1.807, 2.05) is 7.05 Å². The Morgan fingerprint density at radius 2 is 1.83 bits per heavy atom. The lowest BCUT2D eigenvalue weighted by atomic mass is 9.86. The van der Waals surface area contributed by atoms with Crippen LogP contribution in [0, 0.1) is 23.7 Å². The first-order valence-electron chi connectivity index (χ1n) is 13.6. The van der Waals surface area contributed by atoms with Crippen LogP contribution in [0.1, 0.15) is 40.1 Å². The monoisotopic (exact) mass is 584 g/mol. The highest BCUT2D eigenvalue weighted by molar-refractivity contribution is 6.05. The molecule has 0 radical (unpaired) electrons. The molecule has 2 heterocycles. The van der Waals surface area contributed by atoms with Gasteiger partial charge < -0.3 is 30.2 Å². The molecule has 4 rings (SSSR count). The van der Waals surface area contributed by atoms with Gasteiger partial charge in [0.15, 0.2) is 0 Å². The summed E-state index contributed by atoms with van der Waals surface area (Å²) >= 11 is 0. The summed E-state index contributed by atoms with van der Waals surface area (Å²) in [7, 11) is 5.07. The minimum Gasteiger partial charge on any atom is -0.495 e. The number of aromatic nitrogens is 2. The van der Waals surface area contributed by atoms with E-state index in [0.717, 1.165) is 24.0 Å². The second-order valence-corrected chi connectivity index (χ2v) is 10.7. The van der Waals surface area contributed by atoms with Crippen molar-refractivity contribution in [2.24, 2.45) is 11.8 Å². The number of rotatable bonds is 7. The summed E-state index contributed by atoms with van der Waals surface area (Å²) in [5.74, 6) is 6.13. The Hall–Kier alpha value is -4.24. The molecular formula is C30H35F3N6O3. The second-order valence-electron chi connectivity index (χ2n) is 10.7. The van der Waals surface area contributed by atoms with Gasteiger partial charge in [-0.05, 0) is 49.2 Å². The molecule has 3 N–H and O–H groups in total. The lowest BCUT2D eigenvalue weighted by Crippen LogP contribution is -2.53. The average molecular weight is 585 g/mol. The van der Waals surface area contributed by atoms with E-state index in [2.05, 4.69) is 51.5 Å². The van der Waals surface area contributed by atoms with E-state index in [0.29, 0.717) is 22.6 Å². The number of carbonyl (C=O) groups is 2. The minimum absolute atomic E-state index is 0.0968. The zero-order valence-electron chi connectivity index (χ0n) is 24.2. The predicted octanol–water partition coefficient (Wildman–Crippen LogP) is 3.75. The maximum absolute atomic E-state index is 13.5. The summed E-state index contributed by atoms with van der Waals surface area (Å²) in [6, 6.07) is 7.90. The van der Waals surface area contributed by atoms with Gasteiger partial charge in [-0.25, -0.2) is 4.98 Å². The molecule has 1 aromatic heterocycles. The molecule has 42 heavy (non-hydrogen) atoms. The van der Waals surface area contributed by atoms with E-state index in [1.165, 1.54) is 20.2 Å². The van der Waals surface area contributed by atoms with Crippen molar-refractivity contribution in [2.75, 3.05) is 46.2 Å². The lowest BCUT2D eigenvalue weighted by Gasteiger charge is -2.40. The van der Waals surface area contributed by atoms with Crippen LogP contribution in [0.25, 0.3) is 11.0 Å². The largest absolute Gasteiger partial charge is 0.495 e. The van der Waals surface area contributed by atoms with Crippen molar-refractivity contribution in [3.05, 3.63) is 53.3 Å². The van der Waals surface area contributed by atoms with E-state index < -0.39 is 18.6 Å². The zero-order valence-corrected chi connectivity index (χ0v) is 24.2. The number of fused-ring (bicyclic) bond motifs is 1. The normalized spacial score (nSPS) is 19.1. The van der Waals surface area contributed by atoms with Crippen molar-refractivity contribution in [1.29, 1.82) is 0 Å². The second kappa shape index (κ2) is 12.7. The molecule has 9 nitrogen and oxygen atoms in total. The molecule has 2 atom stereocenters. The summed E-state index contributed by atoms with van der Waals surface area (Å²) in [6.45, 7) is 4.67. The first-order chi connectivity index (χ1) is 19.9. The van der Waals surface area contributed by atoms with Crippen LogP contribution in [-0.2, 0) is 6.54 Å². The van der Waals surface area contributed by atoms with Gasteiger partial charge in [-0.2, -0.15) is 13.2 Å². The standard InChI is InChI=1S/C30H35F3N6O3/c1-18-14-38(4)15-19(2)26(18)37-29(41)22-11-20(12-24-27(22)36-17-39(24)16-30(31,32)33)7-6-10-35-23-13-21(28(40)34-3)8-9-25(23)42-5/h8-9,11-13,17-19,26,35H,10,14-16H2,1-5H3,(H,34,40)(H,37,41). The van der Waals surface area contributed by atoms with Crippen molar-refractivity contribution >= 4 is 28.5 Å². The molecule has 2 unspecified atom stereocenters. The predicted molar refractivity (Wildman–Crippen MR) is 155 cm³/mol. The Balaban J connectivity index is 1.63. The van der Waals surface area contributed by atoms with E-state index in [9.17, 15) is 22.8 Å². The molecule has 1 saturated heterocycles. The Bertz CT molecular complexity index is 1510. The summed E-state index contributed by atoms with van der Waals surface area (Å²) in [6.07, 6.45) is -3.37. The summed E-state index contributed by atoms with van der Waals surface area (Å²) in [5.41, 5.74) is 1.87. The van der Waals surface area contributed by atoms with Gasteiger partial charge in [-0.1, -0.05) is 25.7 Å². The Morgan fingerprint density at radius 3 is 2.48 bits per heavy atom. The highest BCUT2D eigenvalue weighted by atomic mass is 19.4. The Labute approximate surface area is 242 Å². The summed E-state index contributed by atoms with van der Waals surface area (Å²) < 4.78 is 46.2. The number of alkyl halides is 3. The van der Waals surface area contributed by atoms with Crippen LogP contribution in [0.15, 0.2) is 36.7 Å². The number of anilines is 1. The molecule has 1 aliphatic rings. The molecular weight excluding hydrogens is 549 g/mol. The number of nitrogens with zero attached hydrogens (tertiary/aromatic N) is 3. The van der Waals surface area contributed by atoms with Gasteiger partial charge in [0, 0.05) is 37.3 Å². The Kier molecular flexibility index (Phi) is 9.31. The third-order valence-electron chi connectivity index (χ3n) is 7.33. The third kappa shape index (κ3) is 7.15. The highest BCUT2D eigenvalue weighted by Gasteiger charge is 2.33. The first kappa shape index (κ1) is 30.7. The summed E-state index contributed by atoms with van der Waals surface area (Å²) in [5, 5.41) is 8.78. The number of imidazole rings is 1. The highest BCUT2D eigenvalue weighted by Crippen LogP contribution is 2.27. The van der Waals surface area contributed by atoms with Gasteiger partial charge in [0.2, 0.25) is 0 Å². The molecule has 3 aromatic rings. The van der Waals surface area contributed by atoms with Crippen LogP contribution in [0.5, 0.6) is 5.75 Å². The molecule has 0 aliphatic carbocycles. The smallest absolute Gasteiger partial charge is 0.406 e. The molecule has 2 aromatic carbocycles. The van der Waals surface area contributed by atoms with E-state index >= 15 is 0 Å². The molecule has 0 saturated carbocycles. The number of ether oxygens (including phenoxy) is 1. The quantitative estimate of drug-likeness (QED) is 0.366. The van der Waals surface area contributed by atoms with Crippen LogP contribution >= 0.6 is 0 Å². The fourth-order valence-electron chi connectivity index (χ4n) is 5.50. The molecule has 12 heteroatoms. The average Bonchev–Trinajstić information content (AvgIpc) is 3.32. The van der Waals surface area contributed by atoms with Gasteiger partial charge in [-0.3, -0.25) is 9.59 Å². The molecule has 1 aliphatic heterocycles. The number of carbonyl (C=O) groups excluding carboxylic acids is 2. The SMILES string of the molecule is CNC(=O)c1ccc(OC)c(NCC#Cc2cc(C(=O)NC3C(C)CN(C)CC3C)c3ncn(CC(F)(F)F)c3c2)c1. The lowest BCUT2D eigenvalue weighted by molar-refractivity contribution is -0.139.